The predicted molar refractivity (Wildman–Crippen MR) is 194 cm³/mol. The van der Waals surface area contributed by atoms with Gasteiger partial charge in [0.15, 0.2) is 23.9 Å². The van der Waals surface area contributed by atoms with E-state index >= 15 is 0 Å². The lowest BCUT2D eigenvalue weighted by Crippen LogP contribution is -2.53. The van der Waals surface area contributed by atoms with Crippen LogP contribution in [-0.2, 0) is 22.4 Å². The number of amides is 1. The number of alkyl halides is 2. The van der Waals surface area contributed by atoms with Crippen molar-refractivity contribution < 1.29 is 47.8 Å². The highest BCUT2D eigenvalue weighted by molar-refractivity contribution is 6.35. The first-order valence-electron chi connectivity index (χ1n) is 17.7. The van der Waals surface area contributed by atoms with Crippen LogP contribution < -0.4 is 19.4 Å². The van der Waals surface area contributed by atoms with Crippen LogP contribution in [0.15, 0.2) is 79.4 Å². The first-order valence-corrected chi connectivity index (χ1v) is 18.4. The fourth-order valence-electron chi connectivity index (χ4n) is 6.75. The van der Waals surface area contributed by atoms with Crippen LogP contribution in [0.5, 0.6) is 11.5 Å². The molecule has 3 saturated heterocycles. The van der Waals surface area contributed by atoms with Gasteiger partial charge in [-0.1, -0.05) is 41.4 Å². The molecule has 11 nitrogen and oxygen atoms in total. The molecule has 2 atom stereocenters. The monoisotopic (exact) mass is 784 g/mol. The van der Waals surface area contributed by atoms with Gasteiger partial charge in [0.1, 0.15) is 22.3 Å². The maximum Gasteiger partial charge on any atom is 0.414 e. The number of aromatic nitrogens is 2. The third kappa shape index (κ3) is 9.75. The molecule has 15 heteroatoms. The van der Waals surface area contributed by atoms with Gasteiger partial charge in [-0.2, -0.15) is 8.78 Å². The van der Waals surface area contributed by atoms with Gasteiger partial charge < -0.3 is 24.4 Å². The van der Waals surface area contributed by atoms with E-state index in [-0.39, 0.29) is 41.6 Å². The molecule has 2 aromatic carbocycles. The Morgan fingerprint density at radius 2 is 1.72 bits per heavy atom. The van der Waals surface area contributed by atoms with Crippen molar-refractivity contribution in [3.05, 3.63) is 112 Å². The quantitative estimate of drug-likeness (QED) is 0.117. The lowest BCUT2D eigenvalue weighted by atomic mass is 9.86. The number of carbonyl (C=O) groups is 2. The highest BCUT2D eigenvalue weighted by Crippen LogP contribution is 2.38. The molecule has 1 saturated carbocycles. The number of benzene rings is 2. The van der Waals surface area contributed by atoms with Crippen molar-refractivity contribution in [1.82, 2.24) is 9.88 Å². The van der Waals surface area contributed by atoms with E-state index in [0.717, 1.165) is 50.9 Å². The van der Waals surface area contributed by atoms with Crippen molar-refractivity contribution in [3.8, 4) is 11.5 Å². The van der Waals surface area contributed by atoms with Crippen LogP contribution in [0, 0.1) is 11.8 Å². The number of ether oxygens (including phenoxy) is 4. The van der Waals surface area contributed by atoms with E-state index in [4.69, 9.17) is 42.1 Å². The topological polar surface area (TPSA) is 135 Å². The Balaban J connectivity index is 0.00000497. The molecule has 54 heavy (non-hydrogen) atoms. The van der Waals surface area contributed by atoms with Gasteiger partial charge in [-0.05, 0) is 98.1 Å². The number of piperidine rings is 3. The fraction of sp³-hybridized carbons (Fsp3) is 0.385. The maximum atomic E-state index is 13.7. The molecule has 0 unspecified atom stereocenters. The van der Waals surface area contributed by atoms with E-state index in [1.807, 2.05) is 0 Å². The number of halogens is 4. The smallest absolute Gasteiger partial charge is 0.414 e. The van der Waals surface area contributed by atoms with Gasteiger partial charge >= 0.3 is 18.7 Å². The van der Waals surface area contributed by atoms with E-state index < -0.39 is 24.8 Å². The number of pyridine rings is 2. The van der Waals surface area contributed by atoms with Crippen LogP contribution in [0.25, 0.3) is 0 Å². The summed E-state index contributed by atoms with van der Waals surface area (Å²) in [6.45, 7) is 0.283. The molecule has 2 aromatic heterocycles. The number of aromatic amines is 1. The molecule has 1 amide bonds. The maximum absolute atomic E-state index is 13.7. The molecular formula is C39H40Cl2F2N4O7. The number of fused-ring (bicyclic) bond motifs is 3. The number of carbonyl (C=O) groups excluding carboxylic acids is 2. The molecule has 286 valence electrons. The highest BCUT2D eigenvalue weighted by atomic mass is 35.5. The molecular weight excluding hydrogens is 745 g/mol. The van der Waals surface area contributed by atoms with Crippen LogP contribution in [-0.4, -0.2) is 66.4 Å². The first kappa shape index (κ1) is 39.1. The lowest BCUT2D eigenvalue weighted by Gasteiger charge is -2.44. The number of esters is 1. The van der Waals surface area contributed by atoms with Crippen LogP contribution in [0.4, 0.5) is 19.3 Å². The van der Waals surface area contributed by atoms with Crippen molar-refractivity contribution in [2.24, 2.45) is 11.8 Å². The van der Waals surface area contributed by atoms with Gasteiger partial charge in [0.2, 0.25) is 0 Å². The predicted octanol–water partition coefficient (Wildman–Crippen LogP) is 7.79. The zero-order valence-corrected chi connectivity index (χ0v) is 30.7. The van der Waals surface area contributed by atoms with Crippen molar-refractivity contribution >= 4 is 41.0 Å². The van der Waals surface area contributed by atoms with E-state index in [1.54, 1.807) is 78.2 Å². The highest BCUT2D eigenvalue weighted by Gasteiger charge is 2.37. The number of hydrogen-bond acceptors (Lipinski definition) is 9. The molecule has 8 rings (SSSR count). The SMILES string of the molecule is O=C(O[C@@H](Cc1c(Cl)c[nH+]cc1Cl)c1ccc(OC(F)F)c(OCC2CC2)c1)c1ccc(CN(C(=O)O[C@H]2CN3CCC2CC3)c2cccnc2)cc1.[OH-]. The number of anilines is 1. The van der Waals surface area contributed by atoms with E-state index in [0.29, 0.717) is 45.3 Å². The molecule has 4 fully saturated rings. The Bertz CT molecular complexity index is 1880. The third-order valence-corrected chi connectivity index (χ3v) is 10.6. The zero-order valence-electron chi connectivity index (χ0n) is 29.2. The summed E-state index contributed by atoms with van der Waals surface area (Å²) in [7, 11) is 0. The molecule has 2 bridgehead atoms. The third-order valence-electron chi connectivity index (χ3n) is 9.92. The second-order valence-electron chi connectivity index (χ2n) is 13.6. The van der Waals surface area contributed by atoms with Crippen LogP contribution in [0.1, 0.15) is 58.8 Å². The summed E-state index contributed by atoms with van der Waals surface area (Å²) in [4.78, 5) is 38.3. The van der Waals surface area contributed by atoms with Gasteiger partial charge in [-0.25, -0.2) is 14.6 Å². The Labute approximate surface area is 321 Å². The number of H-pyrrole nitrogens is 1. The fourth-order valence-corrected chi connectivity index (χ4v) is 7.28. The molecule has 3 aliphatic heterocycles. The standard InChI is InChI=1S/C39H38Cl2F2N4O6.H2O/c40-31-19-45-20-32(41)30(31)17-34(28-9-10-33(52-38(42)43)35(16-28)50-23-25-3-4-25)51-37(48)27-7-5-24(6-8-27)21-47(29-2-1-13-44-18-29)39(49)53-36-22-46-14-11-26(36)12-15-46;/h1-2,5-10,13,16,18-20,25-26,34,36,38H,3-4,11-12,14-15,17,21-23H2;1H2/t34-,36-;/m0./s1. The molecule has 5 heterocycles. The Morgan fingerprint density at radius 3 is 2.35 bits per heavy atom. The van der Waals surface area contributed by atoms with Crippen molar-refractivity contribution in [2.75, 3.05) is 31.1 Å². The van der Waals surface area contributed by atoms with E-state index in [9.17, 15) is 18.4 Å². The summed E-state index contributed by atoms with van der Waals surface area (Å²) in [5.41, 5.74) is 2.58. The van der Waals surface area contributed by atoms with Crippen molar-refractivity contribution in [3.63, 3.8) is 0 Å². The summed E-state index contributed by atoms with van der Waals surface area (Å²) in [5, 5.41) is 0.659. The summed E-state index contributed by atoms with van der Waals surface area (Å²) in [5.74, 6) is 0.0507. The molecule has 0 radical (unpaired) electrons. The van der Waals surface area contributed by atoms with Gasteiger partial charge in [0, 0.05) is 24.7 Å². The molecule has 2 N–H and O–H groups in total. The molecule has 1 aliphatic carbocycles. The normalized spacial score (nSPS) is 19.4. The van der Waals surface area contributed by atoms with E-state index in [2.05, 4.69) is 14.9 Å². The van der Waals surface area contributed by atoms with Crippen molar-refractivity contribution in [1.29, 1.82) is 0 Å². The lowest BCUT2D eigenvalue weighted by molar-refractivity contribution is -0.377. The Morgan fingerprint density at radius 1 is 0.981 bits per heavy atom. The number of nitrogens with one attached hydrogen (secondary N) is 1. The largest absolute Gasteiger partial charge is 0.870 e. The van der Waals surface area contributed by atoms with Crippen LogP contribution in [0.3, 0.4) is 0 Å². The summed E-state index contributed by atoms with van der Waals surface area (Å²) in [6.07, 6.45) is 8.92. The Hall–Kier alpha value is -4.56. The minimum atomic E-state index is -3.05. The van der Waals surface area contributed by atoms with Gasteiger partial charge in [-0.3, -0.25) is 14.8 Å². The van der Waals surface area contributed by atoms with Gasteiger partial charge in [-0.15, -0.1) is 0 Å². The molecule has 0 spiro atoms. The molecule has 4 aromatic rings. The van der Waals surface area contributed by atoms with Crippen LogP contribution in [0.2, 0.25) is 10.0 Å². The minimum Gasteiger partial charge on any atom is -0.870 e. The van der Waals surface area contributed by atoms with Gasteiger partial charge in [0.05, 0.1) is 30.6 Å². The average Bonchev–Trinajstić information content (AvgIpc) is 4.00. The average molecular weight is 786 g/mol. The number of nitrogens with zero attached hydrogens (tertiary/aromatic N) is 3. The number of rotatable bonds is 14. The van der Waals surface area contributed by atoms with E-state index in [1.165, 1.54) is 6.07 Å². The number of hydrogen-bond donors (Lipinski definition) is 0. The summed E-state index contributed by atoms with van der Waals surface area (Å²) >= 11 is 13.0. The van der Waals surface area contributed by atoms with Gasteiger partial charge in [0.25, 0.3) is 0 Å². The van der Waals surface area contributed by atoms with Crippen molar-refractivity contribution in [2.45, 2.75) is 57.5 Å². The Kier molecular flexibility index (Phi) is 12.8. The second kappa shape index (κ2) is 17.7. The summed E-state index contributed by atoms with van der Waals surface area (Å²) < 4.78 is 49.2. The zero-order chi connectivity index (χ0) is 36.9. The second-order valence-corrected chi connectivity index (χ2v) is 14.4. The van der Waals surface area contributed by atoms with Crippen LogP contribution >= 0.6 is 23.2 Å². The minimum absolute atomic E-state index is 0. The summed E-state index contributed by atoms with van der Waals surface area (Å²) in [6, 6.07) is 14.8. The molecule has 4 aliphatic rings. The first-order chi connectivity index (χ1) is 25.7.